The second-order valence-corrected chi connectivity index (χ2v) is 13.7. The maximum atomic E-state index is 14.0. The first-order chi connectivity index (χ1) is 24.6. The first kappa shape index (κ1) is 36.9. The summed E-state index contributed by atoms with van der Waals surface area (Å²) in [5, 5.41) is 3.55. The van der Waals surface area contributed by atoms with E-state index in [1.807, 2.05) is 54.6 Å². The molecule has 0 bridgehead atoms. The Bertz CT molecular complexity index is 2000. The predicted octanol–water partition coefficient (Wildman–Crippen LogP) is 6.67. The molecule has 5 rings (SSSR count). The zero-order valence-electron chi connectivity index (χ0n) is 27.8. The number of methoxy groups -OCH3 is 1. The molecule has 5 aromatic carbocycles. The summed E-state index contributed by atoms with van der Waals surface area (Å²) in [7, 11) is -2.37. The van der Waals surface area contributed by atoms with Gasteiger partial charge in [-0.05, 0) is 95.9 Å². The van der Waals surface area contributed by atoms with Crippen LogP contribution in [0.25, 0.3) is 0 Å². The molecule has 5 aromatic rings. The van der Waals surface area contributed by atoms with E-state index in [1.54, 1.807) is 31.4 Å². The number of hydrogen-bond acceptors (Lipinski definition) is 6. The fraction of sp³-hybridized carbons (Fsp3) is 0.179. The Morgan fingerprint density at radius 2 is 1.41 bits per heavy atom. The molecule has 264 valence electrons. The number of sulfonamides is 1. The number of nitrogens with zero attached hydrogens (tertiary/aromatic N) is 1. The number of ether oxygens (including phenoxy) is 2. The predicted molar refractivity (Wildman–Crippen MR) is 195 cm³/mol. The van der Waals surface area contributed by atoms with Crippen LogP contribution in [0, 0.1) is 5.82 Å². The third kappa shape index (κ3) is 10.8. The van der Waals surface area contributed by atoms with Gasteiger partial charge in [-0.15, -0.1) is 0 Å². The lowest BCUT2D eigenvalue weighted by Crippen LogP contribution is -2.52. The van der Waals surface area contributed by atoms with Gasteiger partial charge in [0, 0.05) is 30.2 Å². The summed E-state index contributed by atoms with van der Waals surface area (Å²) in [6.45, 7) is 0.0358. The second-order valence-electron chi connectivity index (χ2n) is 11.6. The molecule has 0 aliphatic carbocycles. The van der Waals surface area contributed by atoms with Crippen LogP contribution in [0.3, 0.4) is 0 Å². The van der Waals surface area contributed by atoms with Crippen molar-refractivity contribution in [3.05, 3.63) is 155 Å². The summed E-state index contributed by atoms with van der Waals surface area (Å²) >= 11 is 6.13. The number of carbonyl (C=O) groups excluding carboxylic acids is 2. The largest absolute Gasteiger partial charge is 0.497 e. The minimum absolute atomic E-state index is 0.0518. The summed E-state index contributed by atoms with van der Waals surface area (Å²) < 4.78 is 52.4. The minimum atomic E-state index is -3.97. The van der Waals surface area contributed by atoms with Crippen molar-refractivity contribution in [2.45, 2.75) is 30.3 Å². The van der Waals surface area contributed by atoms with E-state index >= 15 is 0 Å². The first-order valence-corrected chi connectivity index (χ1v) is 18.0. The summed E-state index contributed by atoms with van der Waals surface area (Å²) in [6.07, 6.45) is 0.829. The van der Waals surface area contributed by atoms with Gasteiger partial charge in [-0.1, -0.05) is 66.2 Å². The molecule has 1 atom stereocenters. The van der Waals surface area contributed by atoms with Crippen molar-refractivity contribution in [2.24, 2.45) is 0 Å². The van der Waals surface area contributed by atoms with Crippen LogP contribution in [0.4, 0.5) is 10.1 Å². The van der Waals surface area contributed by atoms with E-state index in [1.165, 1.54) is 41.3 Å². The molecule has 0 unspecified atom stereocenters. The maximum absolute atomic E-state index is 14.0. The average Bonchev–Trinajstić information content (AvgIpc) is 3.14. The van der Waals surface area contributed by atoms with E-state index in [0.29, 0.717) is 18.0 Å². The van der Waals surface area contributed by atoms with Gasteiger partial charge in [-0.3, -0.25) is 14.3 Å². The number of benzene rings is 5. The van der Waals surface area contributed by atoms with Gasteiger partial charge >= 0.3 is 0 Å². The summed E-state index contributed by atoms with van der Waals surface area (Å²) in [4.78, 5) is 29.3. The van der Waals surface area contributed by atoms with Crippen molar-refractivity contribution >= 4 is 39.1 Å². The summed E-state index contributed by atoms with van der Waals surface area (Å²) in [6, 6.07) is 33.7. The lowest BCUT2D eigenvalue weighted by atomic mass is 10.0. The van der Waals surface area contributed by atoms with Gasteiger partial charge in [0.15, 0.2) is 6.61 Å². The first-order valence-electron chi connectivity index (χ1n) is 16.1. The monoisotopic (exact) mass is 729 g/mol. The zero-order chi connectivity index (χ0) is 36.2. The average molecular weight is 730 g/mol. The van der Waals surface area contributed by atoms with Crippen LogP contribution in [0.15, 0.2) is 132 Å². The van der Waals surface area contributed by atoms with Gasteiger partial charge in [0.1, 0.15) is 23.4 Å². The van der Waals surface area contributed by atoms with Gasteiger partial charge in [-0.2, -0.15) is 0 Å². The SMILES string of the molecule is COc1ccc(CCNC(=O)[C@H](Cc2ccccc2)N(Cc2ccc(Cl)cc2)C(=O)COc2ccc(S(=O)(=O)Nc3ccc(F)cc3)cc2)cc1. The minimum Gasteiger partial charge on any atom is -0.497 e. The van der Waals surface area contributed by atoms with E-state index in [0.717, 1.165) is 34.6 Å². The molecule has 51 heavy (non-hydrogen) atoms. The van der Waals surface area contributed by atoms with E-state index in [2.05, 4.69) is 10.0 Å². The van der Waals surface area contributed by atoms with E-state index < -0.39 is 34.4 Å². The zero-order valence-corrected chi connectivity index (χ0v) is 29.4. The molecule has 2 N–H and O–H groups in total. The molecular weight excluding hydrogens is 693 g/mol. The molecule has 0 radical (unpaired) electrons. The van der Waals surface area contributed by atoms with Crippen LogP contribution < -0.4 is 19.5 Å². The third-order valence-corrected chi connectivity index (χ3v) is 9.65. The van der Waals surface area contributed by atoms with Crippen molar-refractivity contribution in [1.82, 2.24) is 10.2 Å². The van der Waals surface area contributed by atoms with Crippen molar-refractivity contribution in [3.63, 3.8) is 0 Å². The fourth-order valence-electron chi connectivity index (χ4n) is 5.26. The highest BCUT2D eigenvalue weighted by atomic mass is 35.5. The molecule has 0 fully saturated rings. The molecule has 0 aromatic heterocycles. The van der Waals surface area contributed by atoms with Crippen LogP contribution in [0.5, 0.6) is 11.5 Å². The number of nitrogens with one attached hydrogen (secondary N) is 2. The summed E-state index contributed by atoms with van der Waals surface area (Å²) in [5.74, 6) is -0.274. The Balaban J connectivity index is 1.32. The Labute approximate surface area is 302 Å². The summed E-state index contributed by atoms with van der Waals surface area (Å²) in [5.41, 5.74) is 2.86. The number of halogens is 2. The van der Waals surface area contributed by atoms with Crippen molar-refractivity contribution in [2.75, 3.05) is 25.0 Å². The molecule has 2 amide bonds. The van der Waals surface area contributed by atoms with Crippen LogP contribution in [0.2, 0.25) is 5.02 Å². The molecule has 12 heteroatoms. The van der Waals surface area contributed by atoms with Crippen molar-refractivity contribution in [3.8, 4) is 11.5 Å². The Morgan fingerprint density at radius 1 is 0.784 bits per heavy atom. The maximum Gasteiger partial charge on any atom is 0.261 e. The molecule has 9 nitrogen and oxygen atoms in total. The molecule has 0 saturated carbocycles. The van der Waals surface area contributed by atoms with Gasteiger partial charge in [-0.25, -0.2) is 12.8 Å². The molecular formula is C39H37ClFN3O6S. The van der Waals surface area contributed by atoms with Crippen molar-refractivity contribution in [1.29, 1.82) is 0 Å². The molecule has 0 spiro atoms. The lowest BCUT2D eigenvalue weighted by molar-refractivity contribution is -0.142. The molecule has 0 aliphatic heterocycles. The highest BCUT2D eigenvalue weighted by Crippen LogP contribution is 2.21. The lowest BCUT2D eigenvalue weighted by Gasteiger charge is -2.31. The standard InChI is InChI=1S/C39H37ClFN3O6S/c1-49-34-17-9-28(10-18-34)23-24-42-39(46)37(25-29-5-3-2-4-6-29)44(26-30-7-11-31(40)12-8-30)38(45)27-50-35-19-21-36(22-20-35)51(47,48)43-33-15-13-32(41)14-16-33/h2-22,37,43H,23-27H2,1H3,(H,42,46)/t37-/m0/s1. The number of carbonyl (C=O) groups is 2. The number of anilines is 1. The van der Waals surface area contributed by atoms with Gasteiger partial charge in [0.25, 0.3) is 15.9 Å². The van der Waals surface area contributed by atoms with Crippen molar-refractivity contribution < 1.29 is 31.9 Å². The third-order valence-electron chi connectivity index (χ3n) is 8.00. The Morgan fingerprint density at radius 3 is 2.06 bits per heavy atom. The topological polar surface area (TPSA) is 114 Å². The van der Waals surface area contributed by atoms with Crippen LogP contribution in [-0.4, -0.2) is 51.4 Å². The highest BCUT2D eigenvalue weighted by molar-refractivity contribution is 7.92. The van der Waals surface area contributed by atoms with Gasteiger partial charge in [0.05, 0.1) is 12.0 Å². The fourth-order valence-corrected chi connectivity index (χ4v) is 6.44. The van der Waals surface area contributed by atoms with E-state index in [4.69, 9.17) is 21.1 Å². The van der Waals surface area contributed by atoms with Crippen LogP contribution in [0.1, 0.15) is 16.7 Å². The van der Waals surface area contributed by atoms with Gasteiger partial charge in [0.2, 0.25) is 5.91 Å². The van der Waals surface area contributed by atoms with Crippen LogP contribution >= 0.6 is 11.6 Å². The molecule has 0 heterocycles. The van der Waals surface area contributed by atoms with Gasteiger partial charge < -0.3 is 19.7 Å². The molecule has 0 aliphatic rings. The highest BCUT2D eigenvalue weighted by Gasteiger charge is 2.30. The van der Waals surface area contributed by atoms with Crippen LogP contribution in [-0.2, 0) is 39.0 Å². The van der Waals surface area contributed by atoms with E-state index in [9.17, 15) is 22.4 Å². The smallest absolute Gasteiger partial charge is 0.261 e. The normalized spacial score (nSPS) is 11.7. The number of amides is 2. The second kappa shape index (κ2) is 17.5. The Kier molecular flexibility index (Phi) is 12.7. The Hall–Kier alpha value is -5.39. The quantitative estimate of drug-likeness (QED) is 0.117. The molecule has 0 saturated heterocycles. The van der Waals surface area contributed by atoms with E-state index in [-0.39, 0.29) is 35.2 Å². The number of rotatable bonds is 16. The number of hydrogen-bond donors (Lipinski definition) is 2.